The number of amides is 1. The molecule has 1 amide bonds. The first kappa shape index (κ1) is 18.2. The Morgan fingerprint density at radius 3 is 2.59 bits per heavy atom. The van der Waals surface area contributed by atoms with Crippen molar-refractivity contribution in [1.82, 2.24) is 5.32 Å². The monoisotopic (exact) mass is 331 g/mol. The summed E-state index contributed by atoms with van der Waals surface area (Å²) < 4.78 is 18.8. The molecule has 0 aromatic heterocycles. The first-order valence-corrected chi connectivity index (χ1v) is 7.10. The smallest absolute Gasteiger partial charge is 0.407 e. The van der Waals surface area contributed by atoms with Crippen LogP contribution in [0, 0.1) is 5.82 Å². The predicted molar refractivity (Wildman–Crippen MR) is 80.5 cm³/mol. The molecule has 0 aliphatic rings. The summed E-state index contributed by atoms with van der Waals surface area (Å²) in [7, 11) is 0. The van der Waals surface area contributed by atoms with Crippen molar-refractivity contribution in [3.63, 3.8) is 0 Å². The highest BCUT2D eigenvalue weighted by Crippen LogP contribution is 2.17. The van der Waals surface area contributed by atoms with Crippen LogP contribution >= 0.6 is 11.6 Å². The van der Waals surface area contributed by atoms with Crippen LogP contribution in [0.3, 0.4) is 0 Å². The summed E-state index contributed by atoms with van der Waals surface area (Å²) in [5.41, 5.74) is -0.478. The summed E-state index contributed by atoms with van der Waals surface area (Å²) in [6, 6.07) is 3.19. The summed E-state index contributed by atoms with van der Waals surface area (Å²) in [5, 5.41) is 11.7. The minimum Gasteiger partial charge on any atom is -0.481 e. The van der Waals surface area contributed by atoms with Crippen molar-refractivity contribution in [1.29, 1.82) is 0 Å². The lowest BCUT2D eigenvalue weighted by molar-refractivity contribution is -0.137. The van der Waals surface area contributed by atoms with Gasteiger partial charge < -0.3 is 15.2 Å². The van der Waals surface area contributed by atoms with Crippen molar-refractivity contribution in [2.75, 3.05) is 0 Å². The second-order valence-electron chi connectivity index (χ2n) is 5.88. The van der Waals surface area contributed by atoms with Gasteiger partial charge in [0.25, 0.3) is 0 Å². The lowest BCUT2D eigenvalue weighted by Gasteiger charge is -2.23. The number of alkyl carbamates (subject to hydrolysis) is 1. The summed E-state index contributed by atoms with van der Waals surface area (Å²) in [4.78, 5) is 22.7. The van der Waals surface area contributed by atoms with E-state index in [9.17, 15) is 14.0 Å². The third kappa shape index (κ3) is 6.76. The third-order valence-electron chi connectivity index (χ3n) is 2.62. The van der Waals surface area contributed by atoms with Crippen LogP contribution in [0.2, 0.25) is 5.02 Å². The number of hydrogen-bond donors (Lipinski definition) is 2. The standard InChI is InChI=1S/C15H19ClFNO4/c1-15(2,3)22-14(21)18-11(8-13(19)20)7-9-6-10(16)4-5-12(9)17/h4-6,11H,7-8H2,1-3H3,(H,18,21)(H,19,20). The number of carboxylic acids is 1. The van der Waals surface area contributed by atoms with Crippen LogP contribution < -0.4 is 5.32 Å². The van der Waals surface area contributed by atoms with E-state index < -0.39 is 29.5 Å². The van der Waals surface area contributed by atoms with Gasteiger partial charge in [0.15, 0.2) is 0 Å². The second-order valence-corrected chi connectivity index (χ2v) is 6.32. The fraction of sp³-hybridized carbons (Fsp3) is 0.467. The average molecular weight is 332 g/mol. The molecular formula is C15H19ClFNO4. The van der Waals surface area contributed by atoms with Crippen LogP contribution in [0.15, 0.2) is 18.2 Å². The third-order valence-corrected chi connectivity index (χ3v) is 2.85. The van der Waals surface area contributed by atoms with Crippen molar-refractivity contribution >= 4 is 23.7 Å². The minimum atomic E-state index is -1.11. The van der Waals surface area contributed by atoms with E-state index in [-0.39, 0.29) is 18.4 Å². The molecule has 0 fully saturated rings. The molecule has 0 heterocycles. The van der Waals surface area contributed by atoms with Gasteiger partial charge in [-0.05, 0) is 51.0 Å². The van der Waals surface area contributed by atoms with Crippen LogP contribution in [0.1, 0.15) is 32.8 Å². The Balaban J connectivity index is 2.82. The molecule has 1 atom stereocenters. The molecule has 0 spiro atoms. The Hall–Kier alpha value is -1.82. The van der Waals surface area contributed by atoms with Crippen molar-refractivity contribution in [2.24, 2.45) is 0 Å². The number of aliphatic carboxylic acids is 1. The van der Waals surface area contributed by atoms with Gasteiger partial charge in [0.1, 0.15) is 11.4 Å². The Kier molecular flexibility index (Phi) is 6.17. The van der Waals surface area contributed by atoms with Gasteiger partial charge in [-0.2, -0.15) is 0 Å². The zero-order valence-corrected chi connectivity index (χ0v) is 13.4. The zero-order valence-electron chi connectivity index (χ0n) is 12.7. The molecule has 0 saturated carbocycles. The number of benzene rings is 1. The number of hydrogen-bond acceptors (Lipinski definition) is 3. The summed E-state index contributed by atoms with van der Waals surface area (Å²) in [6.07, 6.45) is -1.11. The van der Waals surface area contributed by atoms with Crippen molar-refractivity contribution in [3.05, 3.63) is 34.6 Å². The number of carbonyl (C=O) groups is 2. The van der Waals surface area contributed by atoms with E-state index in [4.69, 9.17) is 21.4 Å². The molecule has 122 valence electrons. The predicted octanol–water partition coefficient (Wildman–Crippen LogP) is 3.39. The fourth-order valence-electron chi connectivity index (χ4n) is 1.82. The van der Waals surface area contributed by atoms with Crippen LogP contribution in [-0.2, 0) is 16.0 Å². The molecule has 0 aliphatic heterocycles. The zero-order chi connectivity index (χ0) is 16.9. The van der Waals surface area contributed by atoms with E-state index in [0.717, 1.165) is 0 Å². The maximum Gasteiger partial charge on any atom is 0.407 e. The number of halogens is 2. The Labute approximate surface area is 133 Å². The van der Waals surface area contributed by atoms with Crippen molar-refractivity contribution in [3.8, 4) is 0 Å². The van der Waals surface area contributed by atoms with Gasteiger partial charge in [0, 0.05) is 11.1 Å². The van der Waals surface area contributed by atoms with Gasteiger partial charge in [0.05, 0.1) is 6.42 Å². The average Bonchev–Trinajstić information content (AvgIpc) is 2.30. The van der Waals surface area contributed by atoms with Crippen molar-refractivity contribution in [2.45, 2.75) is 45.3 Å². The molecule has 22 heavy (non-hydrogen) atoms. The van der Waals surface area contributed by atoms with Crippen molar-refractivity contribution < 1.29 is 23.8 Å². The molecule has 1 aromatic rings. The highest BCUT2D eigenvalue weighted by molar-refractivity contribution is 6.30. The maximum atomic E-state index is 13.7. The fourth-order valence-corrected chi connectivity index (χ4v) is 2.02. The molecular weight excluding hydrogens is 313 g/mol. The van der Waals surface area contributed by atoms with E-state index in [1.165, 1.54) is 18.2 Å². The minimum absolute atomic E-state index is 0.00205. The van der Waals surface area contributed by atoms with Crippen LogP contribution in [0.5, 0.6) is 0 Å². The number of rotatable bonds is 5. The molecule has 7 heteroatoms. The molecule has 5 nitrogen and oxygen atoms in total. The SMILES string of the molecule is CC(C)(C)OC(=O)NC(CC(=O)O)Cc1cc(Cl)ccc1F. The Bertz CT molecular complexity index is 557. The normalized spacial score (nSPS) is 12.6. The van der Waals surface area contributed by atoms with E-state index in [0.29, 0.717) is 5.02 Å². The topological polar surface area (TPSA) is 75.6 Å². The van der Waals surface area contributed by atoms with E-state index in [1.54, 1.807) is 20.8 Å². The Morgan fingerprint density at radius 2 is 2.05 bits per heavy atom. The van der Waals surface area contributed by atoms with E-state index >= 15 is 0 Å². The molecule has 0 radical (unpaired) electrons. The number of carboxylic acid groups (broad SMARTS) is 1. The van der Waals surface area contributed by atoms with E-state index in [2.05, 4.69) is 5.32 Å². The first-order chi connectivity index (χ1) is 10.1. The van der Waals surface area contributed by atoms with Gasteiger partial charge in [0.2, 0.25) is 0 Å². The van der Waals surface area contributed by atoms with Gasteiger partial charge in [-0.25, -0.2) is 9.18 Å². The number of ether oxygens (including phenoxy) is 1. The molecule has 2 N–H and O–H groups in total. The first-order valence-electron chi connectivity index (χ1n) is 6.72. The largest absolute Gasteiger partial charge is 0.481 e. The second kappa shape index (κ2) is 7.45. The van der Waals surface area contributed by atoms with Gasteiger partial charge >= 0.3 is 12.1 Å². The lowest BCUT2D eigenvalue weighted by Crippen LogP contribution is -2.41. The summed E-state index contributed by atoms with van der Waals surface area (Å²) in [5.74, 6) is -1.62. The summed E-state index contributed by atoms with van der Waals surface area (Å²) >= 11 is 5.80. The van der Waals surface area contributed by atoms with E-state index in [1.807, 2.05) is 0 Å². The van der Waals surface area contributed by atoms with Gasteiger partial charge in [-0.15, -0.1) is 0 Å². The highest BCUT2D eigenvalue weighted by atomic mass is 35.5. The molecule has 0 bridgehead atoms. The molecule has 0 aliphatic carbocycles. The molecule has 0 saturated heterocycles. The molecule has 1 aromatic carbocycles. The van der Waals surface area contributed by atoms with Crippen LogP contribution in [-0.4, -0.2) is 28.8 Å². The highest BCUT2D eigenvalue weighted by Gasteiger charge is 2.22. The Morgan fingerprint density at radius 1 is 1.41 bits per heavy atom. The molecule has 1 rings (SSSR count). The number of carbonyl (C=O) groups excluding carboxylic acids is 1. The van der Waals surface area contributed by atoms with Gasteiger partial charge in [-0.1, -0.05) is 11.6 Å². The summed E-state index contributed by atoms with van der Waals surface area (Å²) in [6.45, 7) is 5.07. The number of nitrogens with one attached hydrogen (secondary N) is 1. The quantitative estimate of drug-likeness (QED) is 0.867. The van der Waals surface area contributed by atoms with Crippen LogP contribution in [0.4, 0.5) is 9.18 Å². The lowest BCUT2D eigenvalue weighted by atomic mass is 10.0. The maximum absolute atomic E-state index is 13.7. The van der Waals surface area contributed by atoms with Gasteiger partial charge in [-0.3, -0.25) is 4.79 Å². The van der Waals surface area contributed by atoms with Crippen LogP contribution in [0.25, 0.3) is 0 Å². The molecule has 1 unspecified atom stereocenters.